The molecule has 0 radical (unpaired) electrons. The molecule has 2 aromatic rings. The Balaban J connectivity index is 1.61. The van der Waals surface area contributed by atoms with E-state index in [0.717, 1.165) is 5.70 Å². The Hall–Kier alpha value is -3.75. The van der Waals surface area contributed by atoms with Crippen molar-refractivity contribution in [2.75, 3.05) is 18.1 Å². The molecule has 1 heterocycles. The average molecular weight is 419 g/mol. The maximum atomic E-state index is 13.7. The quantitative estimate of drug-likeness (QED) is 0.703. The molecule has 0 unspecified atom stereocenters. The predicted molar refractivity (Wildman–Crippen MR) is 112 cm³/mol. The number of amides is 1. The summed E-state index contributed by atoms with van der Waals surface area (Å²) in [6, 6.07) is 11.5. The number of benzene rings is 1. The van der Waals surface area contributed by atoms with Crippen LogP contribution >= 0.6 is 0 Å². The van der Waals surface area contributed by atoms with Crippen LogP contribution in [0.2, 0.25) is 0 Å². The minimum Gasteiger partial charge on any atom is -0.360 e. The molecule has 31 heavy (non-hydrogen) atoms. The first kappa shape index (κ1) is 21.9. The van der Waals surface area contributed by atoms with Crippen LogP contribution in [0, 0.1) is 28.5 Å². The molecule has 1 aromatic heterocycles. The average Bonchev–Trinajstić information content (AvgIpc) is 3.58. The number of allylic oxidation sites excluding steroid dienone is 1. The van der Waals surface area contributed by atoms with Gasteiger partial charge in [0.05, 0.1) is 22.8 Å². The van der Waals surface area contributed by atoms with Crippen LogP contribution in [0.15, 0.2) is 48.4 Å². The topological polar surface area (TPSA) is 102 Å². The van der Waals surface area contributed by atoms with Gasteiger partial charge in [-0.25, -0.2) is 9.37 Å². The maximum Gasteiger partial charge on any atom is 0.250 e. The highest BCUT2D eigenvalue weighted by molar-refractivity contribution is 5.78. The number of nitrogens with one attached hydrogen (secondary N) is 1. The molecular formula is C23H22FN5O2. The van der Waals surface area contributed by atoms with Crippen LogP contribution in [0.1, 0.15) is 43.4 Å². The van der Waals surface area contributed by atoms with Gasteiger partial charge in [-0.3, -0.25) is 4.79 Å². The Labute approximate surface area is 180 Å². The Morgan fingerprint density at radius 2 is 2.10 bits per heavy atom. The van der Waals surface area contributed by atoms with Crippen molar-refractivity contribution in [3.05, 3.63) is 70.9 Å². The van der Waals surface area contributed by atoms with Crippen molar-refractivity contribution in [3.63, 3.8) is 0 Å². The lowest BCUT2D eigenvalue weighted by molar-refractivity contribution is -0.128. The molecule has 0 saturated heterocycles. The lowest BCUT2D eigenvalue weighted by atomic mass is 10.0. The number of carbonyl (C=O) groups is 1. The van der Waals surface area contributed by atoms with E-state index in [-0.39, 0.29) is 12.5 Å². The van der Waals surface area contributed by atoms with E-state index in [4.69, 9.17) is 10.00 Å². The highest BCUT2D eigenvalue weighted by atomic mass is 19.1. The van der Waals surface area contributed by atoms with E-state index in [1.54, 1.807) is 18.3 Å². The van der Waals surface area contributed by atoms with E-state index in [0.29, 0.717) is 41.9 Å². The second-order valence-corrected chi connectivity index (χ2v) is 7.20. The third-order valence-corrected chi connectivity index (χ3v) is 5.11. The van der Waals surface area contributed by atoms with Crippen LogP contribution in [-0.2, 0) is 15.1 Å². The molecule has 3 rings (SSSR count). The Kier molecular flexibility index (Phi) is 6.64. The number of aromatic nitrogens is 1. The number of ether oxygens (including phenoxy) is 1. The van der Waals surface area contributed by atoms with Crippen molar-refractivity contribution in [2.24, 2.45) is 0 Å². The fourth-order valence-corrected chi connectivity index (χ4v) is 3.31. The minimum atomic E-state index is -0.787. The van der Waals surface area contributed by atoms with E-state index in [1.807, 2.05) is 24.8 Å². The van der Waals surface area contributed by atoms with Crippen LogP contribution in [0.3, 0.4) is 0 Å². The van der Waals surface area contributed by atoms with Crippen molar-refractivity contribution in [2.45, 2.75) is 32.3 Å². The second-order valence-electron chi connectivity index (χ2n) is 7.20. The van der Waals surface area contributed by atoms with Crippen molar-refractivity contribution < 1.29 is 13.9 Å². The summed E-state index contributed by atoms with van der Waals surface area (Å²) in [6.07, 6.45) is 4.31. The number of halogens is 1. The van der Waals surface area contributed by atoms with E-state index >= 15 is 0 Å². The predicted octanol–water partition coefficient (Wildman–Crippen LogP) is 3.47. The molecular weight excluding hydrogens is 397 g/mol. The highest BCUT2D eigenvalue weighted by Gasteiger charge is 2.47. The van der Waals surface area contributed by atoms with Crippen molar-refractivity contribution in [3.8, 4) is 12.1 Å². The summed E-state index contributed by atoms with van der Waals surface area (Å²) >= 11 is 0. The van der Waals surface area contributed by atoms with E-state index in [1.165, 1.54) is 24.4 Å². The summed E-state index contributed by atoms with van der Waals surface area (Å²) in [5.41, 5.74) is 1.28. The lowest BCUT2D eigenvalue weighted by Crippen LogP contribution is -2.29. The molecule has 1 fully saturated rings. The molecule has 8 heteroatoms. The van der Waals surface area contributed by atoms with Gasteiger partial charge in [-0.05, 0) is 57.0 Å². The van der Waals surface area contributed by atoms with Gasteiger partial charge in [-0.15, -0.1) is 0 Å². The van der Waals surface area contributed by atoms with E-state index < -0.39 is 11.4 Å². The van der Waals surface area contributed by atoms with Gasteiger partial charge in [0, 0.05) is 30.2 Å². The van der Waals surface area contributed by atoms with Gasteiger partial charge in [0.15, 0.2) is 0 Å². The Morgan fingerprint density at radius 1 is 1.32 bits per heavy atom. The molecule has 0 atom stereocenters. The summed E-state index contributed by atoms with van der Waals surface area (Å²) in [4.78, 5) is 18.5. The van der Waals surface area contributed by atoms with Gasteiger partial charge in [-0.1, -0.05) is 0 Å². The zero-order chi connectivity index (χ0) is 22.4. The molecule has 1 aromatic carbocycles. The Morgan fingerprint density at radius 3 is 2.68 bits per heavy atom. The van der Waals surface area contributed by atoms with Crippen LogP contribution < -0.4 is 10.2 Å². The summed E-state index contributed by atoms with van der Waals surface area (Å²) < 4.78 is 19.5. The second kappa shape index (κ2) is 9.38. The molecule has 7 nitrogen and oxygen atoms in total. The smallest absolute Gasteiger partial charge is 0.250 e. The number of carbonyl (C=O) groups excluding carboxylic acids is 1. The molecule has 1 amide bonds. The summed E-state index contributed by atoms with van der Waals surface area (Å²) in [5, 5.41) is 20.9. The van der Waals surface area contributed by atoms with Gasteiger partial charge in [0.2, 0.25) is 5.91 Å². The van der Waals surface area contributed by atoms with Gasteiger partial charge in [0.25, 0.3) is 0 Å². The summed E-state index contributed by atoms with van der Waals surface area (Å²) in [7, 11) is 0. The monoisotopic (exact) mass is 419 g/mol. The normalized spacial score (nSPS) is 14.3. The van der Waals surface area contributed by atoms with Crippen LogP contribution in [0.25, 0.3) is 0 Å². The van der Waals surface area contributed by atoms with Crippen molar-refractivity contribution in [1.82, 2.24) is 10.3 Å². The molecule has 0 bridgehead atoms. The molecule has 1 saturated carbocycles. The fourth-order valence-electron chi connectivity index (χ4n) is 3.31. The van der Waals surface area contributed by atoms with Gasteiger partial charge in [-0.2, -0.15) is 10.5 Å². The molecule has 1 aliphatic rings. The van der Waals surface area contributed by atoms with Crippen molar-refractivity contribution >= 4 is 11.7 Å². The zero-order valence-corrected chi connectivity index (χ0v) is 17.4. The molecule has 158 valence electrons. The zero-order valence-electron chi connectivity index (χ0n) is 17.4. The number of hydrogen-bond acceptors (Lipinski definition) is 6. The maximum absolute atomic E-state index is 13.7. The first-order valence-corrected chi connectivity index (χ1v) is 9.86. The Bertz CT molecular complexity index is 1080. The number of hydrogen-bond donors (Lipinski definition) is 1. The number of nitriles is 2. The first-order valence-electron chi connectivity index (χ1n) is 9.86. The van der Waals surface area contributed by atoms with Gasteiger partial charge >= 0.3 is 0 Å². The van der Waals surface area contributed by atoms with Crippen LogP contribution in [0.4, 0.5) is 10.2 Å². The van der Waals surface area contributed by atoms with E-state index in [2.05, 4.69) is 16.4 Å². The molecule has 1 aliphatic carbocycles. The summed E-state index contributed by atoms with van der Waals surface area (Å²) in [5.74, 6) is -0.139. The third kappa shape index (κ3) is 5.06. The lowest BCUT2D eigenvalue weighted by Gasteiger charge is -2.23. The highest BCUT2D eigenvalue weighted by Crippen LogP contribution is 2.50. The van der Waals surface area contributed by atoms with Crippen molar-refractivity contribution in [1.29, 1.82) is 10.5 Å². The molecule has 1 N–H and O–H groups in total. The standard InChI is InChI=1S/C23H22FN5O2/c1-3-29(21-7-4-17(11-25)14-27-21)16(2)13-28-22(30)15-31-23(8-9-23)20-10-19(24)6-5-18(20)12-26/h4-7,10,13-14H,3,8-9,15H2,1-2H3,(H,28,30)/b16-13+. The summed E-state index contributed by atoms with van der Waals surface area (Å²) in [6.45, 7) is 4.18. The first-order chi connectivity index (χ1) is 14.9. The number of nitrogens with zero attached hydrogens (tertiary/aromatic N) is 4. The SMILES string of the molecule is CCN(/C(C)=C/NC(=O)COC1(c2cc(F)ccc2C#N)CC1)c1ccc(C#N)cn1. The largest absolute Gasteiger partial charge is 0.360 e. The molecule has 0 spiro atoms. The number of pyridine rings is 1. The van der Waals surface area contributed by atoms with Crippen LogP contribution in [-0.4, -0.2) is 24.0 Å². The number of anilines is 1. The van der Waals surface area contributed by atoms with Crippen LogP contribution in [0.5, 0.6) is 0 Å². The minimum absolute atomic E-state index is 0.216. The third-order valence-electron chi connectivity index (χ3n) is 5.11. The fraction of sp³-hybridized carbons (Fsp3) is 0.304. The van der Waals surface area contributed by atoms with Gasteiger partial charge < -0.3 is 15.0 Å². The molecule has 0 aliphatic heterocycles. The van der Waals surface area contributed by atoms with E-state index in [9.17, 15) is 14.4 Å². The number of rotatable bonds is 8. The van der Waals surface area contributed by atoms with Gasteiger partial charge in [0.1, 0.15) is 24.3 Å².